The van der Waals surface area contributed by atoms with Crippen LogP contribution < -0.4 is 15.4 Å². The minimum atomic E-state index is -4.49. The van der Waals surface area contributed by atoms with E-state index in [0.29, 0.717) is 6.61 Å². The fraction of sp³-hybridized carbons (Fsp3) is 0.588. The van der Waals surface area contributed by atoms with Gasteiger partial charge in [-0.05, 0) is 31.0 Å². The first-order valence-electron chi connectivity index (χ1n) is 8.33. The monoisotopic (exact) mass is 363 g/mol. The zero-order chi connectivity index (χ0) is 18.7. The molecule has 0 radical (unpaired) electrons. The van der Waals surface area contributed by atoms with Crippen molar-refractivity contribution in [3.63, 3.8) is 0 Å². The second kappa shape index (κ2) is 10.9. The molecular weight excluding hydrogens is 337 g/mol. The minimum Gasteiger partial charge on any atom is -0.489 e. The predicted molar refractivity (Wildman–Crippen MR) is 88.6 cm³/mol. The number of unbranched alkanes of at least 4 members (excludes halogenated alkanes) is 2. The summed E-state index contributed by atoms with van der Waals surface area (Å²) in [5.41, 5.74) is -0.827. The number of amides is 1. The van der Waals surface area contributed by atoms with Gasteiger partial charge in [0.15, 0.2) is 6.54 Å². The molecule has 142 valence electrons. The number of hydrogen-bond acceptors (Lipinski definition) is 3. The summed E-state index contributed by atoms with van der Waals surface area (Å²) in [7, 11) is 1.49. The molecule has 0 spiro atoms. The lowest BCUT2D eigenvalue weighted by Gasteiger charge is -2.15. The first-order valence-corrected chi connectivity index (χ1v) is 8.33. The Morgan fingerprint density at radius 3 is 2.64 bits per heavy atom. The van der Waals surface area contributed by atoms with E-state index >= 15 is 0 Å². The number of rotatable bonds is 11. The van der Waals surface area contributed by atoms with Gasteiger partial charge in [-0.3, -0.25) is 4.79 Å². The minimum absolute atomic E-state index is 0.0119. The van der Waals surface area contributed by atoms with E-state index in [1.807, 2.05) is 5.32 Å². The third-order valence-electron chi connectivity index (χ3n) is 3.47. The number of carbonyl (C=O) groups excluding carboxylic acids is 1. The third kappa shape index (κ3) is 8.22. The van der Waals surface area contributed by atoms with Gasteiger partial charge in [0.25, 0.3) is 5.91 Å². The molecule has 0 fully saturated rings. The number of alkyl halides is 3. The van der Waals surface area contributed by atoms with Gasteiger partial charge >= 0.3 is 6.18 Å². The Kier molecular flexibility index (Phi) is 9.30. The van der Waals surface area contributed by atoms with E-state index in [9.17, 15) is 18.0 Å². The van der Waals surface area contributed by atoms with Crippen LogP contribution in [0.25, 0.3) is 0 Å². The van der Waals surface area contributed by atoms with Gasteiger partial charge in [-0.1, -0.05) is 13.3 Å². The summed E-state index contributed by atoms with van der Waals surface area (Å²) in [4.78, 5) is 12.0. The lowest BCUT2D eigenvalue weighted by molar-refractivity contribution is -0.643. The Hall–Kier alpha value is -1.80. The molecule has 0 aliphatic heterocycles. The largest absolute Gasteiger partial charge is 0.489 e. The van der Waals surface area contributed by atoms with Crippen molar-refractivity contribution in [1.82, 2.24) is 0 Å². The lowest BCUT2D eigenvalue weighted by Crippen LogP contribution is -2.86. The molecular formula is C17H26F3N2O3+. The molecule has 0 aliphatic rings. The molecule has 0 saturated carbocycles. The molecule has 25 heavy (non-hydrogen) atoms. The molecule has 0 unspecified atom stereocenters. The summed E-state index contributed by atoms with van der Waals surface area (Å²) in [6.45, 7) is 3.51. The van der Waals surface area contributed by atoms with Gasteiger partial charge in [-0.15, -0.1) is 0 Å². The van der Waals surface area contributed by atoms with E-state index in [4.69, 9.17) is 9.47 Å². The average Bonchev–Trinajstić information content (AvgIpc) is 2.55. The van der Waals surface area contributed by atoms with Crippen molar-refractivity contribution in [3.05, 3.63) is 23.8 Å². The lowest BCUT2D eigenvalue weighted by atomic mass is 10.1. The number of quaternary nitrogens is 1. The maximum atomic E-state index is 12.9. The van der Waals surface area contributed by atoms with Crippen LogP contribution in [0.5, 0.6) is 5.75 Å². The van der Waals surface area contributed by atoms with Gasteiger partial charge in [0, 0.05) is 7.11 Å². The van der Waals surface area contributed by atoms with E-state index in [0.717, 1.165) is 37.9 Å². The van der Waals surface area contributed by atoms with Crippen LogP contribution >= 0.6 is 0 Å². The quantitative estimate of drug-likeness (QED) is 0.594. The highest BCUT2D eigenvalue weighted by Gasteiger charge is 2.31. The predicted octanol–water partition coefficient (Wildman–Crippen LogP) is 2.42. The summed E-state index contributed by atoms with van der Waals surface area (Å²) in [5.74, 6) is -0.184. The Morgan fingerprint density at radius 2 is 2.00 bits per heavy atom. The molecule has 0 atom stereocenters. The van der Waals surface area contributed by atoms with Crippen LogP contribution in [0.1, 0.15) is 31.7 Å². The fourth-order valence-corrected chi connectivity index (χ4v) is 2.14. The zero-order valence-electron chi connectivity index (χ0n) is 14.6. The van der Waals surface area contributed by atoms with Crippen molar-refractivity contribution in [2.45, 2.75) is 32.4 Å². The van der Waals surface area contributed by atoms with E-state index in [1.54, 1.807) is 0 Å². The summed E-state index contributed by atoms with van der Waals surface area (Å²) < 4.78 is 48.9. The molecule has 1 aromatic carbocycles. The number of halogens is 3. The van der Waals surface area contributed by atoms with E-state index in [1.165, 1.54) is 13.2 Å². The van der Waals surface area contributed by atoms with Gasteiger partial charge < -0.3 is 20.1 Å². The molecule has 0 aliphatic carbocycles. The van der Waals surface area contributed by atoms with E-state index < -0.39 is 11.7 Å². The number of carbonyl (C=O) groups is 1. The van der Waals surface area contributed by atoms with Crippen LogP contribution in [0.15, 0.2) is 18.2 Å². The van der Waals surface area contributed by atoms with Crippen molar-refractivity contribution in [2.24, 2.45) is 0 Å². The first kappa shape index (κ1) is 21.2. The topological polar surface area (TPSA) is 64.2 Å². The normalized spacial score (nSPS) is 11.4. The number of nitrogens with two attached hydrogens (primary N) is 1. The van der Waals surface area contributed by atoms with Crippen LogP contribution in [0.3, 0.4) is 0 Å². The average molecular weight is 363 g/mol. The number of nitrogens with one attached hydrogen (secondary N) is 1. The van der Waals surface area contributed by atoms with Crippen LogP contribution in [0.4, 0.5) is 18.9 Å². The fourth-order valence-electron chi connectivity index (χ4n) is 2.14. The molecule has 1 aromatic rings. The molecule has 0 bridgehead atoms. The number of benzene rings is 1. The highest BCUT2D eigenvalue weighted by molar-refractivity contribution is 5.93. The van der Waals surface area contributed by atoms with E-state index in [-0.39, 0.29) is 30.5 Å². The van der Waals surface area contributed by atoms with Crippen molar-refractivity contribution >= 4 is 11.6 Å². The first-order chi connectivity index (χ1) is 11.9. The van der Waals surface area contributed by atoms with Crippen LogP contribution in [0.2, 0.25) is 0 Å². The second-order valence-electron chi connectivity index (χ2n) is 5.59. The molecule has 1 rings (SSSR count). The van der Waals surface area contributed by atoms with Crippen molar-refractivity contribution in [2.75, 3.05) is 38.7 Å². The van der Waals surface area contributed by atoms with Crippen LogP contribution in [-0.4, -0.2) is 39.3 Å². The summed E-state index contributed by atoms with van der Waals surface area (Å²) in [6.07, 6.45) is -1.31. The highest BCUT2D eigenvalue weighted by atomic mass is 19.4. The Morgan fingerprint density at radius 1 is 1.24 bits per heavy atom. The molecule has 1 amide bonds. The smallest absolute Gasteiger partial charge is 0.416 e. The Labute approximate surface area is 145 Å². The van der Waals surface area contributed by atoms with E-state index in [2.05, 4.69) is 12.2 Å². The molecule has 0 heterocycles. The van der Waals surface area contributed by atoms with Gasteiger partial charge in [0.2, 0.25) is 0 Å². The SMILES string of the molecule is CCCCC[NH2+]CC(=O)Nc1cc(C(F)(F)F)ccc1OCCOC. The maximum Gasteiger partial charge on any atom is 0.416 e. The summed E-state index contributed by atoms with van der Waals surface area (Å²) in [6, 6.07) is 3.02. The van der Waals surface area contributed by atoms with Crippen LogP contribution in [0, 0.1) is 0 Å². The number of methoxy groups -OCH3 is 1. The van der Waals surface area contributed by atoms with Gasteiger partial charge in [0.05, 0.1) is 24.4 Å². The second-order valence-corrected chi connectivity index (χ2v) is 5.59. The van der Waals surface area contributed by atoms with Crippen molar-refractivity contribution in [1.29, 1.82) is 0 Å². The van der Waals surface area contributed by atoms with Gasteiger partial charge in [0.1, 0.15) is 12.4 Å². The van der Waals surface area contributed by atoms with Gasteiger partial charge in [-0.2, -0.15) is 13.2 Å². The third-order valence-corrected chi connectivity index (χ3v) is 3.47. The number of anilines is 1. The molecule has 0 saturated heterocycles. The molecule has 3 N–H and O–H groups in total. The number of ether oxygens (including phenoxy) is 2. The maximum absolute atomic E-state index is 12.9. The van der Waals surface area contributed by atoms with Crippen LogP contribution in [-0.2, 0) is 15.7 Å². The molecule has 5 nitrogen and oxygen atoms in total. The molecule has 0 aromatic heterocycles. The highest BCUT2D eigenvalue weighted by Crippen LogP contribution is 2.35. The summed E-state index contributed by atoms with van der Waals surface area (Å²) >= 11 is 0. The van der Waals surface area contributed by atoms with Gasteiger partial charge in [-0.25, -0.2) is 0 Å². The van der Waals surface area contributed by atoms with Crippen molar-refractivity contribution in [3.8, 4) is 5.75 Å². The Balaban J connectivity index is 2.73. The summed E-state index contributed by atoms with van der Waals surface area (Å²) in [5, 5.41) is 4.34. The zero-order valence-corrected chi connectivity index (χ0v) is 14.6. The van der Waals surface area contributed by atoms with Crippen molar-refractivity contribution < 1.29 is 32.8 Å². The molecule has 8 heteroatoms. The number of hydrogen-bond donors (Lipinski definition) is 2. The Bertz CT molecular complexity index is 536. The standard InChI is InChI=1S/C17H25F3N2O3/c1-3-4-5-8-21-12-16(23)22-14-11-13(17(18,19)20)6-7-15(14)25-10-9-24-2/h6-7,11,21H,3-5,8-10,12H2,1-2H3,(H,22,23)/p+1.